The standard InChI is InChI=1S/C12H13ClO4/c1-7(2)6-17-9-5-3-4-8(10(9)13)11(14)12(15)16/h3-5,11,14H,1,6H2,2H3,(H,15,16). The molecule has 0 radical (unpaired) electrons. The molecular formula is C12H13ClO4. The number of carboxylic acid groups (broad SMARTS) is 1. The normalized spacial score (nSPS) is 11.9. The van der Waals surface area contributed by atoms with Crippen LogP contribution in [0.1, 0.15) is 18.6 Å². The molecule has 1 aromatic rings. The molecular weight excluding hydrogens is 244 g/mol. The Bertz CT molecular complexity index is 442. The zero-order chi connectivity index (χ0) is 13.0. The molecule has 0 heterocycles. The Hall–Kier alpha value is -1.52. The number of benzene rings is 1. The molecule has 92 valence electrons. The number of aliphatic hydroxyl groups excluding tert-OH is 1. The summed E-state index contributed by atoms with van der Waals surface area (Å²) in [5, 5.41) is 18.2. The minimum Gasteiger partial charge on any atom is -0.488 e. The summed E-state index contributed by atoms with van der Waals surface area (Å²) < 4.78 is 5.33. The summed E-state index contributed by atoms with van der Waals surface area (Å²) in [5.41, 5.74) is 0.920. The van der Waals surface area contributed by atoms with Crippen molar-refractivity contribution >= 4 is 17.6 Å². The number of carboxylic acids is 1. The van der Waals surface area contributed by atoms with Crippen molar-refractivity contribution in [3.63, 3.8) is 0 Å². The first-order chi connectivity index (χ1) is 7.93. The third kappa shape index (κ3) is 3.47. The maximum absolute atomic E-state index is 10.7. The van der Waals surface area contributed by atoms with Crippen LogP contribution in [-0.4, -0.2) is 22.8 Å². The Morgan fingerprint density at radius 2 is 2.24 bits per heavy atom. The zero-order valence-corrected chi connectivity index (χ0v) is 10.1. The van der Waals surface area contributed by atoms with Crippen molar-refractivity contribution in [2.45, 2.75) is 13.0 Å². The molecule has 0 aliphatic carbocycles. The van der Waals surface area contributed by atoms with Crippen LogP contribution in [0, 0.1) is 0 Å². The third-order valence-corrected chi connectivity index (χ3v) is 2.40. The van der Waals surface area contributed by atoms with Gasteiger partial charge in [0.2, 0.25) is 0 Å². The first-order valence-corrected chi connectivity index (χ1v) is 5.27. The summed E-state index contributed by atoms with van der Waals surface area (Å²) in [6.45, 7) is 5.75. The number of ether oxygens (including phenoxy) is 1. The molecule has 0 spiro atoms. The summed E-state index contributed by atoms with van der Waals surface area (Å²) in [4.78, 5) is 10.7. The van der Waals surface area contributed by atoms with E-state index in [1.54, 1.807) is 19.1 Å². The minimum atomic E-state index is -1.66. The van der Waals surface area contributed by atoms with Crippen molar-refractivity contribution in [1.29, 1.82) is 0 Å². The van der Waals surface area contributed by atoms with Gasteiger partial charge in [-0.2, -0.15) is 0 Å². The van der Waals surface area contributed by atoms with Crippen molar-refractivity contribution in [2.75, 3.05) is 6.61 Å². The van der Waals surface area contributed by atoms with Gasteiger partial charge in [0, 0.05) is 5.56 Å². The Morgan fingerprint density at radius 3 is 2.76 bits per heavy atom. The summed E-state index contributed by atoms with van der Waals surface area (Å²) in [5.74, 6) is -1.03. The highest BCUT2D eigenvalue weighted by Gasteiger charge is 2.20. The fourth-order valence-corrected chi connectivity index (χ4v) is 1.47. The lowest BCUT2D eigenvalue weighted by molar-refractivity contribution is -0.146. The first-order valence-electron chi connectivity index (χ1n) is 4.90. The van der Waals surface area contributed by atoms with Crippen LogP contribution in [0.25, 0.3) is 0 Å². The van der Waals surface area contributed by atoms with Crippen LogP contribution in [0.4, 0.5) is 0 Å². The summed E-state index contributed by atoms with van der Waals surface area (Å²) in [7, 11) is 0. The number of aliphatic hydroxyl groups is 1. The van der Waals surface area contributed by atoms with E-state index in [1.807, 2.05) is 0 Å². The highest BCUT2D eigenvalue weighted by atomic mass is 35.5. The molecule has 1 aromatic carbocycles. The predicted octanol–water partition coefficient (Wildman–Crippen LogP) is 2.41. The lowest BCUT2D eigenvalue weighted by Crippen LogP contribution is -2.11. The van der Waals surface area contributed by atoms with Crippen molar-refractivity contribution in [2.24, 2.45) is 0 Å². The Balaban J connectivity index is 2.98. The second kappa shape index (κ2) is 5.70. The second-order valence-corrected chi connectivity index (χ2v) is 4.02. The topological polar surface area (TPSA) is 66.8 Å². The monoisotopic (exact) mass is 256 g/mol. The smallest absolute Gasteiger partial charge is 0.337 e. The molecule has 17 heavy (non-hydrogen) atoms. The molecule has 0 fully saturated rings. The van der Waals surface area contributed by atoms with E-state index in [0.717, 1.165) is 5.57 Å². The molecule has 0 aliphatic rings. The van der Waals surface area contributed by atoms with Gasteiger partial charge in [-0.05, 0) is 18.6 Å². The molecule has 5 heteroatoms. The third-order valence-electron chi connectivity index (χ3n) is 2.00. The lowest BCUT2D eigenvalue weighted by Gasteiger charge is -2.12. The molecule has 4 nitrogen and oxygen atoms in total. The van der Waals surface area contributed by atoms with Gasteiger partial charge in [0.05, 0.1) is 5.02 Å². The Kier molecular flexibility index (Phi) is 4.54. The van der Waals surface area contributed by atoms with Crippen molar-refractivity contribution in [3.05, 3.63) is 40.9 Å². The van der Waals surface area contributed by atoms with Crippen LogP contribution in [0.3, 0.4) is 0 Å². The van der Waals surface area contributed by atoms with Crippen molar-refractivity contribution in [3.8, 4) is 5.75 Å². The van der Waals surface area contributed by atoms with Gasteiger partial charge in [0.25, 0.3) is 0 Å². The molecule has 0 amide bonds. The number of aliphatic carboxylic acids is 1. The van der Waals surface area contributed by atoms with E-state index in [0.29, 0.717) is 5.75 Å². The van der Waals surface area contributed by atoms with Crippen LogP contribution in [-0.2, 0) is 4.79 Å². The van der Waals surface area contributed by atoms with E-state index >= 15 is 0 Å². The number of carbonyl (C=O) groups is 1. The molecule has 0 saturated heterocycles. The molecule has 2 N–H and O–H groups in total. The quantitative estimate of drug-likeness (QED) is 0.794. The zero-order valence-electron chi connectivity index (χ0n) is 9.31. The average molecular weight is 257 g/mol. The van der Waals surface area contributed by atoms with Crippen LogP contribution in [0.2, 0.25) is 5.02 Å². The van der Waals surface area contributed by atoms with Crippen molar-refractivity contribution < 1.29 is 19.7 Å². The van der Waals surface area contributed by atoms with Crippen LogP contribution in [0.15, 0.2) is 30.4 Å². The lowest BCUT2D eigenvalue weighted by atomic mass is 10.1. The molecule has 0 aliphatic heterocycles. The number of hydrogen-bond donors (Lipinski definition) is 2. The van der Waals surface area contributed by atoms with Gasteiger partial charge in [0.15, 0.2) is 6.10 Å². The van der Waals surface area contributed by atoms with Gasteiger partial charge in [0.1, 0.15) is 12.4 Å². The van der Waals surface area contributed by atoms with E-state index in [2.05, 4.69) is 6.58 Å². The second-order valence-electron chi connectivity index (χ2n) is 3.65. The summed E-state index contributed by atoms with van der Waals surface area (Å²) in [6, 6.07) is 4.61. The van der Waals surface area contributed by atoms with E-state index in [1.165, 1.54) is 6.07 Å². The molecule has 0 saturated carbocycles. The van der Waals surface area contributed by atoms with E-state index < -0.39 is 12.1 Å². The minimum absolute atomic E-state index is 0.101. The van der Waals surface area contributed by atoms with E-state index in [4.69, 9.17) is 21.4 Å². The highest BCUT2D eigenvalue weighted by molar-refractivity contribution is 6.33. The summed E-state index contributed by atoms with van der Waals surface area (Å²) >= 11 is 5.95. The fraction of sp³-hybridized carbons (Fsp3) is 0.250. The van der Waals surface area contributed by atoms with E-state index in [9.17, 15) is 9.90 Å². The number of hydrogen-bond acceptors (Lipinski definition) is 3. The summed E-state index contributed by atoms with van der Waals surface area (Å²) in [6.07, 6.45) is -1.66. The molecule has 1 atom stereocenters. The number of rotatable bonds is 5. The van der Waals surface area contributed by atoms with Gasteiger partial charge >= 0.3 is 5.97 Å². The van der Waals surface area contributed by atoms with Gasteiger partial charge in [-0.1, -0.05) is 30.3 Å². The Morgan fingerprint density at radius 1 is 1.59 bits per heavy atom. The predicted molar refractivity (Wildman–Crippen MR) is 64.4 cm³/mol. The average Bonchev–Trinajstić information content (AvgIpc) is 2.26. The first kappa shape index (κ1) is 13.5. The SMILES string of the molecule is C=C(C)COc1cccc(C(O)C(=O)O)c1Cl. The molecule has 1 unspecified atom stereocenters. The molecule has 0 bridgehead atoms. The highest BCUT2D eigenvalue weighted by Crippen LogP contribution is 2.32. The maximum Gasteiger partial charge on any atom is 0.337 e. The largest absolute Gasteiger partial charge is 0.488 e. The van der Waals surface area contributed by atoms with Gasteiger partial charge in [-0.3, -0.25) is 0 Å². The van der Waals surface area contributed by atoms with Crippen LogP contribution >= 0.6 is 11.6 Å². The molecule has 0 aromatic heterocycles. The van der Waals surface area contributed by atoms with Crippen LogP contribution < -0.4 is 4.74 Å². The van der Waals surface area contributed by atoms with E-state index in [-0.39, 0.29) is 17.2 Å². The Labute approximate surface area is 104 Å². The fourth-order valence-electron chi connectivity index (χ4n) is 1.18. The van der Waals surface area contributed by atoms with Crippen molar-refractivity contribution in [1.82, 2.24) is 0 Å². The maximum atomic E-state index is 10.7. The van der Waals surface area contributed by atoms with Gasteiger partial charge in [-0.25, -0.2) is 4.79 Å². The van der Waals surface area contributed by atoms with Gasteiger partial charge in [-0.15, -0.1) is 0 Å². The van der Waals surface area contributed by atoms with Crippen LogP contribution in [0.5, 0.6) is 5.75 Å². The van der Waals surface area contributed by atoms with Gasteiger partial charge < -0.3 is 14.9 Å². The molecule has 1 rings (SSSR count). The number of halogens is 1.